The molecule has 0 fully saturated rings. The second-order valence-corrected chi connectivity index (χ2v) is 7.13. The van der Waals surface area contributed by atoms with Crippen LogP contribution < -0.4 is 20.7 Å². The maximum atomic E-state index is 12.5. The van der Waals surface area contributed by atoms with Crippen molar-refractivity contribution in [1.29, 1.82) is 0 Å². The van der Waals surface area contributed by atoms with Crippen molar-refractivity contribution in [3.63, 3.8) is 0 Å². The minimum absolute atomic E-state index is 0.0393. The predicted molar refractivity (Wildman–Crippen MR) is 103 cm³/mol. The first-order valence-corrected chi connectivity index (χ1v) is 8.48. The van der Waals surface area contributed by atoms with Crippen molar-refractivity contribution in [2.75, 3.05) is 29.0 Å². The molecule has 136 valence electrons. The Morgan fingerprint density at radius 3 is 2.73 bits per heavy atom. The van der Waals surface area contributed by atoms with Gasteiger partial charge in [0.05, 0.1) is 18.8 Å². The topological polar surface area (TPSA) is 84.7 Å². The van der Waals surface area contributed by atoms with Gasteiger partial charge >= 0.3 is 0 Å². The van der Waals surface area contributed by atoms with Crippen molar-refractivity contribution in [2.24, 2.45) is 0 Å². The number of ether oxygens (including phenoxy) is 1. The standard InChI is InChI=1S/C20H23N3O3/c1-13(24)14-5-4-6-16(9-14)22-19(25)11-23-12-20(2,3)26-18-10-15(21)7-8-17(18)23/h4-10H,11-12,21H2,1-3H3,(H,22,25). The summed E-state index contributed by atoms with van der Waals surface area (Å²) in [5.74, 6) is 0.473. The van der Waals surface area contributed by atoms with Crippen LogP contribution >= 0.6 is 0 Å². The van der Waals surface area contributed by atoms with Crippen molar-refractivity contribution >= 4 is 28.8 Å². The molecule has 3 rings (SSSR count). The fourth-order valence-corrected chi connectivity index (χ4v) is 3.08. The summed E-state index contributed by atoms with van der Waals surface area (Å²) < 4.78 is 5.98. The van der Waals surface area contributed by atoms with Crippen LogP contribution in [0.5, 0.6) is 5.75 Å². The van der Waals surface area contributed by atoms with E-state index in [1.807, 2.05) is 24.8 Å². The molecule has 0 aromatic heterocycles. The second-order valence-electron chi connectivity index (χ2n) is 7.13. The molecular formula is C20H23N3O3. The molecule has 0 aliphatic carbocycles. The van der Waals surface area contributed by atoms with Gasteiger partial charge < -0.3 is 20.7 Å². The molecule has 2 aromatic carbocycles. The first-order valence-electron chi connectivity index (χ1n) is 8.48. The van der Waals surface area contributed by atoms with E-state index in [1.165, 1.54) is 6.92 Å². The molecule has 0 saturated heterocycles. The van der Waals surface area contributed by atoms with Gasteiger partial charge in [0.1, 0.15) is 11.4 Å². The number of rotatable bonds is 4. The normalized spacial score (nSPS) is 15.0. The Morgan fingerprint density at radius 2 is 2.00 bits per heavy atom. The monoisotopic (exact) mass is 353 g/mol. The number of hydrogen-bond acceptors (Lipinski definition) is 5. The summed E-state index contributed by atoms with van der Waals surface area (Å²) in [7, 11) is 0. The Morgan fingerprint density at radius 1 is 1.23 bits per heavy atom. The summed E-state index contributed by atoms with van der Waals surface area (Å²) in [4.78, 5) is 26.0. The highest BCUT2D eigenvalue weighted by molar-refractivity contribution is 5.98. The van der Waals surface area contributed by atoms with E-state index in [0.717, 1.165) is 5.69 Å². The summed E-state index contributed by atoms with van der Waals surface area (Å²) in [6.45, 7) is 6.19. The van der Waals surface area contributed by atoms with Crippen LogP contribution in [0.1, 0.15) is 31.1 Å². The first kappa shape index (κ1) is 17.8. The summed E-state index contributed by atoms with van der Waals surface area (Å²) >= 11 is 0. The molecule has 1 aliphatic heterocycles. The average molecular weight is 353 g/mol. The van der Waals surface area contributed by atoms with Crippen molar-refractivity contribution in [2.45, 2.75) is 26.4 Å². The van der Waals surface area contributed by atoms with Gasteiger partial charge in [-0.1, -0.05) is 12.1 Å². The first-order chi connectivity index (χ1) is 12.2. The lowest BCUT2D eigenvalue weighted by Crippen LogP contribution is -2.49. The van der Waals surface area contributed by atoms with E-state index in [2.05, 4.69) is 5.32 Å². The zero-order valence-corrected chi connectivity index (χ0v) is 15.2. The van der Waals surface area contributed by atoms with E-state index >= 15 is 0 Å². The molecule has 1 heterocycles. The molecule has 3 N–H and O–H groups in total. The minimum atomic E-state index is -0.435. The lowest BCUT2D eigenvalue weighted by molar-refractivity contribution is -0.115. The highest BCUT2D eigenvalue weighted by Crippen LogP contribution is 2.38. The smallest absolute Gasteiger partial charge is 0.243 e. The molecular weight excluding hydrogens is 330 g/mol. The fourth-order valence-electron chi connectivity index (χ4n) is 3.08. The van der Waals surface area contributed by atoms with Gasteiger partial charge in [-0.25, -0.2) is 0 Å². The quantitative estimate of drug-likeness (QED) is 0.652. The number of ketones is 1. The van der Waals surface area contributed by atoms with Crippen LogP contribution in [-0.4, -0.2) is 30.4 Å². The molecule has 1 amide bonds. The SMILES string of the molecule is CC(=O)c1cccc(NC(=O)CN2CC(C)(C)Oc3cc(N)ccc32)c1. The van der Waals surface area contributed by atoms with Crippen LogP contribution in [0.15, 0.2) is 42.5 Å². The van der Waals surface area contributed by atoms with Crippen LogP contribution in [0.4, 0.5) is 17.1 Å². The van der Waals surface area contributed by atoms with E-state index in [0.29, 0.717) is 29.2 Å². The molecule has 6 heteroatoms. The number of nitrogens with zero attached hydrogens (tertiary/aromatic N) is 1. The zero-order chi connectivity index (χ0) is 18.9. The summed E-state index contributed by atoms with van der Waals surface area (Å²) in [6, 6.07) is 12.4. The van der Waals surface area contributed by atoms with Gasteiger partial charge in [0.2, 0.25) is 5.91 Å². The van der Waals surface area contributed by atoms with Gasteiger partial charge in [-0.05, 0) is 45.0 Å². The number of anilines is 3. The largest absolute Gasteiger partial charge is 0.484 e. The third-order valence-corrected chi connectivity index (χ3v) is 4.17. The van der Waals surface area contributed by atoms with E-state index in [-0.39, 0.29) is 18.2 Å². The van der Waals surface area contributed by atoms with Crippen LogP contribution in [0.2, 0.25) is 0 Å². The van der Waals surface area contributed by atoms with Crippen molar-refractivity contribution in [1.82, 2.24) is 0 Å². The fraction of sp³-hybridized carbons (Fsp3) is 0.300. The molecule has 0 radical (unpaired) electrons. The molecule has 6 nitrogen and oxygen atoms in total. The van der Waals surface area contributed by atoms with Crippen LogP contribution in [0, 0.1) is 0 Å². The van der Waals surface area contributed by atoms with E-state index in [1.54, 1.807) is 36.4 Å². The Kier molecular flexibility index (Phi) is 4.59. The Bertz CT molecular complexity index is 861. The van der Waals surface area contributed by atoms with Gasteiger partial charge in [0.15, 0.2) is 5.78 Å². The number of amides is 1. The lowest BCUT2D eigenvalue weighted by Gasteiger charge is -2.40. The van der Waals surface area contributed by atoms with Gasteiger partial charge in [-0.3, -0.25) is 9.59 Å². The van der Waals surface area contributed by atoms with E-state index in [4.69, 9.17) is 10.5 Å². The summed E-state index contributed by atoms with van der Waals surface area (Å²) in [6.07, 6.45) is 0. The highest BCUT2D eigenvalue weighted by Gasteiger charge is 2.32. The molecule has 0 atom stereocenters. The third-order valence-electron chi connectivity index (χ3n) is 4.17. The average Bonchev–Trinajstić information content (AvgIpc) is 2.53. The summed E-state index contributed by atoms with van der Waals surface area (Å²) in [5, 5.41) is 2.86. The molecule has 0 unspecified atom stereocenters. The Labute approximate surface area is 152 Å². The second kappa shape index (κ2) is 6.71. The number of carbonyl (C=O) groups is 2. The van der Waals surface area contributed by atoms with Gasteiger partial charge in [-0.2, -0.15) is 0 Å². The van der Waals surface area contributed by atoms with Gasteiger partial charge in [-0.15, -0.1) is 0 Å². The number of carbonyl (C=O) groups excluding carboxylic acids is 2. The van der Waals surface area contributed by atoms with Crippen LogP contribution in [0.3, 0.4) is 0 Å². The van der Waals surface area contributed by atoms with Gasteiger partial charge in [0.25, 0.3) is 0 Å². The number of hydrogen-bond donors (Lipinski definition) is 2. The number of nitrogens with one attached hydrogen (secondary N) is 1. The number of nitrogens with two attached hydrogens (primary N) is 1. The molecule has 2 aromatic rings. The minimum Gasteiger partial charge on any atom is -0.484 e. The maximum absolute atomic E-state index is 12.5. The number of Topliss-reactive ketones (excluding diaryl/α,β-unsaturated/α-hetero) is 1. The predicted octanol–water partition coefficient (Wildman–Crippen LogP) is 3.09. The van der Waals surface area contributed by atoms with Crippen LogP contribution in [-0.2, 0) is 4.79 Å². The van der Waals surface area contributed by atoms with Crippen molar-refractivity contribution < 1.29 is 14.3 Å². The zero-order valence-electron chi connectivity index (χ0n) is 15.2. The molecule has 0 spiro atoms. The highest BCUT2D eigenvalue weighted by atomic mass is 16.5. The van der Waals surface area contributed by atoms with E-state index < -0.39 is 5.60 Å². The molecule has 26 heavy (non-hydrogen) atoms. The number of benzene rings is 2. The molecule has 1 aliphatic rings. The maximum Gasteiger partial charge on any atom is 0.243 e. The van der Waals surface area contributed by atoms with Crippen molar-refractivity contribution in [3.8, 4) is 5.75 Å². The van der Waals surface area contributed by atoms with Crippen molar-refractivity contribution in [3.05, 3.63) is 48.0 Å². The Balaban J connectivity index is 1.77. The van der Waals surface area contributed by atoms with Gasteiger partial charge in [0, 0.05) is 23.0 Å². The Hall–Kier alpha value is -3.02. The molecule has 0 bridgehead atoms. The summed E-state index contributed by atoms with van der Waals surface area (Å²) in [5.41, 5.74) is 8.04. The lowest BCUT2D eigenvalue weighted by atomic mass is 10.0. The molecule has 0 saturated carbocycles. The number of fused-ring (bicyclic) bond motifs is 1. The number of nitrogen functional groups attached to an aromatic ring is 1. The van der Waals surface area contributed by atoms with Crippen LogP contribution in [0.25, 0.3) is 0 Å². The third kappa shape index (κ3) is 3.96. The van der Waals surface area contributed by atoms with E-state index in [9.17, 15) is 9.59 Å².